The Morgan fingerprint density at radius 1 is 0.763 bits per heavy atom. The number of nitrogens with one attached hydrogen (secondary N) is 1. The number of likely N-dealkylation sites (N-methyl/N-ethyl adjacent to an activating group) is 1. The van der Waals surface area contributed by atoms with Gasteiger partial charge in [-0.1, -0.05) is 6.07 Å². The van der Waals surface area contributed by atoms with Gasteiger partial charge >= 0.3 is 7.82 Å². The van der Waals surface area contributed by atoms with Crippen molar-refractivity contribution in [2.24, 2.45) is 0 Å². The van der Waals surface area contributed by atoms with Gasteiger partial charge in [-0.25, -0.2) is 4.57 Å². The van der Waals surface area contributed by atoms with Gasteiger partial charge in [-0.15, -0.1) is 0 Å². The van der Waals surface area contributed by atoms with Gasteiger partial charge in [0.15, 0.2) is 0 Å². The number of ether oxygens (including phenoxy) is 6. The Morgan fingerprint density at radius 3 is 1.71 bits per heavy atom. The van der Waals surface area contributed by atoms with E-state index in [1.807, 2.05) is 7.05 Å². The van der Waals surface area contributed by atoms with Crippen LogP contribution in [0.15, 0.2) is 18.2 Å². The molecule has 0 aromatic heterocycles. The van der Waals surface area contributed by atoms with Crippen LogP contribution in [0.25, 0.3) is 0 Å². The first-order chi connectivity index (χ1) is 18.1. The Morgan fingerprint density at radius 2 is 1.24 bits per heavy atom. The van der Waals surface area contributed by atoms with Gasteiger partial charge in [-0.3, -0.25) is 9.05 Å². The second-order valence-electron chi connectivity index (χ2n) is 9.10. The van der Waals surface area contributed by atoms with Crippen LogP contribution in [-0.2, 0) is 50.5 Å². The van der Waals surface area contributed by atoms with Crippen molar-refractivity contribution in [3.8, 4) is 5.75 Å². The van der Waals surface area contributed by atoms with E-state index in [0.29, 0.717) is 82.9 Å². The maximum atomic E-state index is 12.1. The van der Waals surface area contributed by atoms with E-state index in [2.05, 4.69) is 5.32 Å². The highest BCUT2D eigenvalue weighted by Gasteiger charge is 2.28. The van der Waals surface area contributed by atoms with Crippen LogP contribution < -0.4 is 10.1 Å². The summed E-state index contributed by atoms with van der Waals surface area (Å²) >= 11 is 0. The standard InChI is InChI=1S/C25H46NO11P/c1-25(2,3)37-38(28,29)36-21-23-17-22(20-27)18-24(19-23)35-16-15-34-14-13-33-12-11-32-10-9-31-8-7-30-6-5-26-4/h17-19,26-27H,5-16,20-21H2,1-4H3,(H,28,29). The molecule has 38 heavy (non-hydrogen) atoms. The number of aliphatic hydroxyl groups excluding tert-OH is 1. The normalized spacial score (nSPS) is 13.5. The molecule has 0 heterocycles. The molecule has 1 aromatic rings. The van der Waals surface area contributed by atoms with E-state index in [1.165, 1.54) is 0 Å². The summed E-state index contributed by atoms with van der Waals surface area (Å²) in [7, 11) is -2.35. The van der Waals surface area contributed by atoms with Crippen LogP contribution in [0.4, 0.5) is 0 Å². The van der Waals surface area contributed by atoms with Crippen LogP contribution in [0.1, 0.15) is 31.9 Å². The van der Waals surface area contributed by atoms with Gasteiger partial charge in [0, 0.05) is 6.54 Å². The lowest BCUT2D eigenvalue weighted by Crippen LogP contribution is -2.18. The number of phosphoric ester groups is 1. The van der Waals surface area contributed by atoms with Crippen LogP contribution in [0.3, 0.4) is 0 Å². The number of rotatable bonds is 24. The summed E-state index contributed by atoms with van der Waals surface area (Å²) in [6.45, 7) is 10.6. The molecule has 0 saturated heterocycles. The van der Waals surface area contributed by atoms with Gasteiger partial charge < -0.3 is 43.7 Å². The summed E-state index contributed by atoms with van der Waals surface area (Å²) < 4.78 is 55.1. The van der Waals surface area contributed by atoms with E-state index in [1.54, 1.807) is 39.0 Å². The fourth-order valence-electron chi connectivity index (χ4n) is 2.89. The Labute approximate surface area is 226 Å². The smallest absolute Gasteiger partial charge is 0.473 e. The minimum atomic E-state index is -4.23. The Hall–Kier alpha value is -1.15. The van der Waals surface area contributed by atoms with Gasteiger partial charge in [0.05, 0.1) is 84.9 Å². The van der Waals surface area contributed by atoms with E-state index in [-0.39, 0.29) is 19.8 Å². The third kappa shape index (κ3) is 19.9. The van der Waals surface area contributed by atoms with Gasteiger partial charge in [0.1, 0.15) is 12.4 Å². The fourth-order valence-corrected chi connectivity index (χ4v) is 3.95. The van der Waals surface area contributed by atoms with Gasteiger partial charge in [0.25, 0.3) is 0 Å². The maximum Gasteiger partial charge on any atom is 0.473 e. The van der Waals surface area contributed by atoms with Crippen LogP contribution in [0, 0.1) is 0 Å². The van der Waals surface area contributed by atoms with E-state index in [0.717, 1.165) is 6.54 Å². The Balaban J connectivity index is 2.10. The highest BCUT2D eigenvalue weighted by molar-refractivity contribution is 7.47. The van der Waals surface area contributed by atoms with Crippen molar-refractivity contribution in [2.75, 3.05) is 86.3 Å². The molecule has 13 heteroatoms. The highest BCUT2D eigenvalue weighted by Crippen LogP contribution is 2.47. The number of benzene rings is 1. The summed E-state index contributed by atoms with van der Waals surface area (Å²) in [6, 6.07) is 5.02. The first-order valence-corrected chi connectivity index (χ1v) is 14.2. The van der Waals surface area contributed by atoms with E-state index >= 15 is 0 Å². The number of hydrogen-bond acceptors (Lipinski definition) is 11. The van der Waals surface area contributed by atoms with Crippen molar-refractivity contribution >= 4 is 7.82 Å². The summed E-state index contributed by atoms with van der Waals surface area (Å²) in [4.78, 5) is 9.87. The van der Waals surface area contributed by atoms with Crippen molar-refractivity contribution < 1.29 is 52.0 Å². The molecule has 222 valence electrons. The number of hydrogen-bond donors (Lipinski definition) is 3. The van der Waals surface area contributed by atoms with E-state index < -0.39 is 13.4 Å². The molecule has 0 saturated carbocycles. The predicted molar refractivity (Wildman–Crippen MR) is 141 cm³/mol. The average molecular weight is 568 g/mol. The lowest BCUT2D eigenvalue weighted by molar-refractivity contribution is -0.0124. The summed E-state index contributed by atoms with van der Waals surface area (Å²) in [5.41, 5.74) is 0.320. The van der Waals surface area contributed by atoms with Crippen molar-refractivity contribution in [2.45, 2.75) is 39.6 Å². The molecular formula is C25H46NO11P. The molecular weight excluding hydrogens is 521 g/mol. The Kier molecular flexibility index (Phi) is 19.0. The van der Waals surface area contributed by atoms with Crippen LogP contribution >= 0.6 is 7.82 Å². The van der Waals surface area contributed by atoms with Crippen molar-refractivity contribution in [3.05, 3.63) is 29.3 Å². The van der Waals surface area contributed by atoms with Crippen molar-refractivity contribution in [3.63, 3.8) is 0 Å². The summed E-state index contributed by atoms with van der Waals surface area (Å²) in [6.07, 6.45) is 0. The molecule has 0 spiro atoms. The van der Waals surface area contributed by atoms with Crippen LogP contribution in [-0.4, -0.2) is 102 Å². The highest BCUT2D eigenvalue weighted by atomic mass is 31.2. The molecule has 1 atom stereocenters. The zero-order valence-corrected chi connectivity index (χ0v) is 24.0. The molecule has 0 fully saturated rings. The molecule has 0 aliphatic rings. The maximum absolute atomic E-state index is 12.1. The quantitative estimate of drug-likeness (QED) is 0.125. The average Bonchev–Trinajstić information content (AvgIpc) is 2.85. The van der Waals surface area contributed by atoms with Gasteiger partial charge in [0.2, 0.25) is 0 Å². The molecule has 0 bridgehead atoms. The first kappa shape index (κ1) is 34.9. The lowest BCUT2D eigenvalue weighted by atomic mass is 10.1. The largest absolute Gasteiger partial charge is 0.491 e. The fraction of sp³-hybridized carbons (Fsp3) is 0.760. The SMILES string of the molecule is CNCCOCCOCCOCCOCCOCCOc1cc(CO)cc(COP(=O)(O)OC(C)(C)C)c1. The first-order valence-electron chi connectivity index (χ1n) is 12.7. The molecule has 0 aliphatic heterocycles. The molecule has 0 amide bonds. The van der Waals surface area contributed by atoms with Crippen molar-refractivity contribution in [1.82, 2.24) is 5.32 Å². The zero-order chi connectivity index (χ0) is 28.1. The van der Waals surface area contributed by atoms with Crippen LogP contribution in [0.5, 0.6) is 5.75 Å². The minimum Gasteiger partial charge on any atom is -0.491 e. The molecule has 1 aromatic carbocycles. The predicted octanol–water partition coefficient (Wildman–Crippen LogP) is 2.29. The number of aliphatic hydroxyl groups is 1. The summed E-state index contributed by atoms with van der Waals surface area (Å²) in [5.74, 6) is 0.488. The molecule has 1 unspecified atom stereocenters. The molecule has 3 N–H and O–H groups in total. The van der Waals surface area contributed by atoms with Gasteiger partial charge in [-0.05, 0) is 51.1 Å². The number of phosphoric acid groups is 1. The second kappa shape index (κ2) is 20.7. The van der Waals surface area contributed by atoms with E-state index in [4.69, 9.17) is 37.5 Å². The third-order valence-corrected chi connectivity index (χ3v) is 5.71. The second-order valence-corrected chi connectivity index (χ2v) is 10.5. The Bertz CT molecular complexity index is 776. The molecule has 1 rings (SSSR count). The molecule has 0 aliphatic carbocycles. The van der Waals surface area contributed by atoms with E-state index in [9.17, 15) is 14.6 Å². The van der Waals surface area contributed by atoms with Crippen LogP contribution in [0.2, 0.25) is 0 Å². The van der Waals surface area contributed by atoms with Gasteiger partial charge in [-0.2, -0.15) is 0 Å². The zero-order valence-electron chi connectivity index (χ0n) is 23.1. The molecule has 12 nitrogen and oxygen atoms in total. The lowest BCUT2D eigenvalue weighted by Gasteiger charge is -2.22. The topological polar surface area (TPSA) is 143 Å². The minimum absolute atomic E-state index is 0.176. The monoisotopic (exact) mass is 567 g/mol. The van der Waals surface area contributed by atoms with Crippen molar-refractivity contribution in [1.29, 1.82) is 0 Å². The third-order valence-electron chi connectivity index (χ3n) is 4.47. The summed E-state index contributed by atoms with van der Waals surface area (Å²) in [5, 5.41) is 12.5. The molecule has 0 radical (unpaired) electrons.